The van der Waals surface area contributed by atoms with E-state index in [9.17, 15) is 27.6 Å². The molecule has 0 spiro atoms. The van der Waals surface area contributed by atoms with Gasteiger partial charge in [-0.2, -0.15) is 13.2 Å². The van der Waals surface area contributed by atoms with Gasteiger partial charge in [-0.3, -0.25) is 18.7 Å². The third-order valence-corrected chi connectivity index (χ3v) is 4.62. The molecule has 10 heteroatoms. The van der Waals surface area contributed by atoms with Crippen molar-refractivity contribution in [3.63, 3.8) is 0 Å². The smallest absolute Gasteiger partial charge is 0.325 e. The Morgan fingerprint density at radius 1 is 1.23 bits per heavy atom. The Balaban J connectivity index is 1.91. The quantitative estimate of drug-likeness (QED) is 0.755. The summed E-state index contributed by atoms with van der Waals surface area (Å²) in [5, 5.41) is 3.96. The van der Waals surface area contributed by atoms with Gasteiger partial charge in [0.1, 0.15) is 11.2 Å². The van der Waals surface area contributed by atoms with Crippen LogP contribution in [0.2, 0.25) is 0 Å². The van der Waals surface area contributed by atoms with E-state index in [-0.39, 0.29) is 5.69 Å². The van der Waals surface area contributed by atoms with Gasteiger partial charge < -0.3 is 5.32 Å². The van der Waals surface area contributed by atoms with Gasteiger partial charge in [0.2, 0.25) is 5.91 Å². The summed E-state index contributed by atoms with van der Waals surface area (Å²) in [6, 6.07) is 5.73. The molecule has 0 saturated carbocycles. The fourth-order valence-electron chi connectivity index (χ4n) is 2.47. The number of aromatic nitrogens is 2. The van der Waals surface area contributed by atoms with Crippen LogP contribution in [-0.4, -0.2) is 15.0 Å². The van der Waals surface area contributed by atoms with Crippen LogP contribution in [0.25, 0.3) is 10.2 Å². The van der Waals surface area contributed by atoms with Gasteiger partial charge in [-0.1, -0.05) is 6.07 Å². The zero-order chi connectivity index (χ0) is 19.1. The van der Waals surface area contributed by atoms with Crippen molar-refractivity contribution in [1.29, 1.82) is 0 Å². The minimum atomic E-state index is -4.53. The minimum absolute atomic E-state index is 0.0377. The van der Waals surface area contributed by atoms with E-state index in [0.29, 0.717) is 10.2 Å². The lowest BCUT2D eigenvalue weighted by molar-refractivity contribution is -0.137. The molecule has 1 aromatic carbocycles. The topological polar surface area (TPSA) is 73.1 Å². The van der Waals surface area contributed by atoms with Crippen LogP contribution in [-0.2, 0) is 24.6 Å². The highest BCUT2D eigenvalue weighted by atomic mass is 32.1. The van der Waals surface area contributed by atoms with Crippen molar-refractivity contribution in [2.45, 2.75) is 12.7 Å². The highest BCUT2D eigenvalue weighted by Gasteiger charge is 2.30. The molecule has 3 aromatic rings. The number of thiophene rings is 1. The third kappa shape index (κ3) is 3.27. The first-order valence-corrected chi connectivity index (χ1v) is 8.20. The van der Waals surface area contributed by atoms with E-state index in [4.69, 9.17) is 0 Å². The second-order valence-electron chi connectivity index (χ2n) is 5.49. The van der Waals surface area contributed by atoms with E-state index < -0.39 is 35.4 Å². The van der Waals surface area contributed by atoms with E-state index in [1.807, 2.05) is 0 Å². The highest BCUT2D eigenvalue weighted by Crippen LogP contribution is 2.30. The molecule has 0 aliphatic rings. The number of anilines is 1. The molecule has 0 radical (unpaired) electrons. The number of benzene rings is 1. The second kappa shape index (κ2) is 6.45. The molecule has 6 nitrogen and oxygen atoms in total. The number of carbonyl (C=O) groups excluding carboxylic acids is 1. The van der Waals surface area contributed by atoms with Gasteiger partial charge in [-0.05, 0) is 29.6 Å². The van der Waals surface area contributed by atoms with Gasteiger partial charge in [0.15, 0.2) is 0 Å². The molecule has 0 bridgehead atoms. The van der Waals surface area contributed by atoms with E-state index in [0.717, 1.165) is 32.6 Å². The lowest BCUT2D eigenvalue weighted by Crippen LogP contribution is -2.39. The van der Waals surface area contributed by atoms with Crippen LogP contribution in [0.1, 0.15) is 5.56 Å². The summed E-state index contributed by atoms with van der Waals surface area (Å²) in [5.74, 6) is -0.683. The molecule has 26 heavy (non-hydrogen) atoms. The first kappa shape index (κ1) is 17.9. The van der Waals surface area contributed by atoms with Gasteiger partial charge in [0.05, 0.1) is 11.1 Å². The summed E-state index contributed by atoms with van der Waals surface area (Å²) in [6.45, 7) is -0.434. The van der Waals surface area contributed by atoms with Crippen molar-refractivity contribution in [3.8, 4) is 0 Å². The molecule has 0 unspecified atom stereocenters. The molecule has 0 aliphatic heterocycles. The Hall–Kier alpha value is -2.88. The fourth-order valence-corrected chi connectivity index (χ4v) is 3.34. The van der Waals surface area contributed by atoms with Crippen molar-refractivity contribution in [2.75, 3.05) is 5.32 Å². The normalized spacial score (nSPS) is 11.7. The predicted octanol–water partition coefficient (Wildman–Crippen LogP) is 2.42. The van der Waals surface area contributed by atoms with E-state index in [2.05, 4.69) is 5.32 Å². The summed E-state index contributed by atoms with van der Waals surface area (Å²) in [6.07, 6.45) is -4.53. The third-order valence-electron chi connectivity index (χ3n) is 3.73. The molecule has 0 atom stereocenters. The van der Waals surface area contributed by atoms with Crippen molar-refractivity contribution in [1.82, 2.24) is 9.13 Å². The minimum Gasteiger partial charge on any atom is -0.325 e. The molecule has 1 amide bonds. The summed E-state index contributed by atoms with van der Waals surface area (Å²) >= 11 is 1.14. The summed E-state index contributed by atoms with van der Waals surface area (Å²) < 4.78 is 40.5. The van der Waals surface area contributed by atoms with Gasteiger partial charge in [-0.15, -0.1) is 11.3 Å². The van der Waals surface area contributed by atoms with E-state index in [1.54, 1.807) is 11.4 Å². The molecule has 0 fully saturated rings. The van der Waals surface area contributed by atoms with Crippen LogP contribution < -0.4 is 16.6 Å². The average Bonchev–Trinajstić information content (AvgIpc) is 3.06. The Labute approximate surface area is 148 Å². The fraction of sp³-hybridized carbons (Fsp3) is 0.188. The largest absolute Gasteiger partial charge is 0.416 e. The monoisotopic (exact) mass is 383 g/mol. The molecule has 2 aromatic heterocycles. The maximum absolute atomic E-state index is 12.7. The van der Waals surface area contributed by atoms with Crippen molar-refractivity contribution >= 4 is 33.1 Å². The van der Waals surface area contributed by atoms with E-state index in [1.165, 1.54) is 19.2 Å². The predicted molar refractivity (Wildman–Crippen MR) is 91.4 cm³/mol. The first-order chi connectivity index (χ1) is 12.2. The summed E-state index contributed by atoms with van der Waals surface area (Å²) in [5.41, 5.74) is -1.77. The lowest BCUT2D eigenvalue weighted by Gasteiger charge is -2.12. The van der Waals surface area contributed by atoms with Crippen LogP contribution in [0.4, 0.5) is 18.9 Å². The zero-order valence-corrected chi connectivity index (χ0v) is 14.1. The lowest BCUT2D eigenvalue weighted by atomic mass is 10.2. The van der Waals surface area contributed by atoms with E-state index >= 15 is 0 Å². The van der Waals surface area contributed by atoms with Crippen molar-refractivity contribution in [3.05, 3.63) is 62.1 Å². The molecule has 1 N–H and O–H groups in total. The van der Waals surface area contributed by atoms with Gasteiger partial charge in [0, 0.05) is 12.7 Å². The van der Waals surface area contributed by atoms with Crippen molar-refractivity contribution in [2.24, 2.45) is 7.05 Å². The first-order valence-electron chi connectivity index (χ1n) is 7.32. The number of hydrogen-bond donors (Lipinski definition) is 1. The number of nitrogens with one attached hydrogen (secondary N) is 1. The number of alkyl halides is 3. The maximum atomic E-state index is 12.7. The number of amides is 1. The van der Waals surface area contributed by atoms with Gasteiger partial charge >= 0.3 is 11.9 Å². The molecule has 136 valence electrons. The number of nitrogens with zero attached hydrogens (tertiary/aromatic N) is 2. The SMILES string of the molecule is Cn1c(=O)c2sccc2n(CC(=O)Nc2cccc(C(F)(F)F)c2)c1=O. The van der Waals surface area contributed by atoms with Gasteiger partial charge in [0.25, 0.3) is 5.56 Å². The van der Waals surface area contributed by atoms with Crippen LogP contribution >= 0.6 is 11.3 Å². The Bertz CT molecular complexity index is 1110. The number of fused-ring (bicyclic) bond motifs is 1. The second-order valence-corrected chi connectivity index (χ2v) is 6.41. The average molecular weight is 383 g/mol. The molecular weight excluding hydrogens is 371 g/mol. The molecular formula is C16H12F3N3O3S. The van der Waals surface area contributed by atoms with Gasteiger partial charge in [-0.25, -0.2) is 4.79 Å². The highest BCUT2D eigenvalue weighted by molar-refractivity contribution is 7.17. The van der Waals surface area contributed by atoms with Crippen LogP contribution in [0, 0.1) is 0 Å². The number of rotatable bonds is 3. The number of carbonyl (C=O) groups is 1. The Morgan fingerprint density at radius 2 is 1.96 bits per heavy atom. The van der Waals surface area contributed by atoms with Crippen LogP contribution in [0.3, 0.4) is 0 Å². The maximum Gasteiger partial charge on any atom is 0.416 e. The molecule has 3 rings (SSSR count). The number of hydrogen-bond acceptors (Lipinski definition) is 4. The summed E-state index contributed by atoms with van der Waals surface area (Å²) in [7, 11) is 1.30. The summed E-state index contributed by atoms with van der Waals surface area (Å²) in [4.78, 5) is 36.5. The van der Waals surface area contributed by atoms with Crippen LogP contribution in [0.15, 0.2) is 45.3 Å². The standard InChI is InChI=1S/C16H12F3N3O3S/c1-21-14(24)13-11(5-6-26-13)22(15(21)25)8-12(23)20-10-4-2-3-9(7-10)16(17,18)19/h2-7H,8H2,1H3,(H,20,23). The Morgan fingerprint density at radius 3 is 2.65 bits per heavy atom. The molecule has 0 saturated heterocycles. The Kier molecular flexibility index (Phi) is 4.45. The molecule has 2 heterocycles. The van der Waals surface area contributed by atoms with Crippen molar-refractivity contribution < 1.29 is 18.0 Å². The van der Waals surface area contributed by atoms with Crippen LogP contribution in [0.5, 0.6) is 0 Å². The molecule has 0 aliphatic carbocycles. The number of halogens is 3. The zero-order valence-electron chi connectivity index (χ0n) is 13.3.